The molecule has 0 aliphatic heterocycles. The minimum absolute atomic E-state index is 0.0405. The lowest BCUT2D eigenvalue weighted by Gasteiger charge is -2.10. The molecule has 0 heterocycles. The Balaban J connectivity index is 2.87. The Bertz CT molecular complexity index is 612. The predicted molar refractivity (Wildman–Crippen MR) is 77.9 cm³/mol. The number of hydrogen-bond acceptors (Lipinski definition) is 5. The van der Waals surface area contributed by atoms with Crippen LogP contribution >= 0.6 is 11.8 Å². The highest BCUT2D eigenvalue weighted by atomic mass is 35.5. The quantitative estimate of drug-likeness (QED) is 0.693. The highest BCUT2D eigenvalue weighted by Crippen LogP contribution is 2.14. The van der Waals surface area contributed by atoms with Crippen LogP contribution in [-0.2, 0) is 25.8 Å². The Morgan fingerprint density at radius 3 is 2.29 bits per heavy atom. The highest BCUT2D eigenvalue weighted by molar-refractivity contribution is 7.92. The van der Waals surface area contributed by atoms with Gasteiger partial charge in [0.15, 0.2) is 9.84 Å². The molecule has 0 spiro atoms. The Morgan fingerprint density at radius 2 is 1.86 bits per heavy atom. The lowest BCUT2D eigenvalue weighted by atomic mass is 10.1. The number of aliphatic carboxylic acids is 1. The fraction of sp³-hybridized carbons (Fsp3) is 0.385. The molecule has 1 rings (SSSR count). The van der Waals surface area contributed by atoms with Crippen molar-refractivity contribution in [1.82, 2.24) is 4.84 Å². The van der Waals surface area contributed by atoms with Gasteiger partial charge in [-0.1, -0.05) is 19.1 Å². The van der Waals surface area contributed by atoms with Crippen LogP contribution in [0.15, 0.2) is 29.2 Å². The molecule has 2 N–H and O–H groups in total. The van der Waals surface area contributed by atoms with Gasteiger partial charge in [0.2, 0.25) is 0 Å². The van der Waals surface area contributed by atoms with E-state index in [4.69, 9.17) is 16.9 Å². The van der Waals surface area contributed by atoms with Gasteiger partial charge in [0.25, 0.3) is 0 Å². The number of rotatable bonds is 8. The van der Waals surface area contributed by atoms with E-state index in [1.807, 2.05) is 0 Å². The molecule has 0 saturated carbocycles. The summed E-state index contributed by atoms with van der Waals surface area (Å²) in [5.74, 6) is -1.98. The number of sulfone groups is 1. The first-order valence-corrected chi connectivity index (χ1v) is 8.25. The Kier molecular flexibility index (Phi) is 6.32. The van der Waals surface area contributed by atoms with Crippen molar-refractivity contribution < 1.29 is 23.1 Å². The molecule has 6 nitrogen and oxygen atoms in total. The fourth-order valence-electron chi connectivity index (χ4n) is 1.64. The van der Waals surface area contributed by atoms with E-state index in [2.05, 4.69) is 4.84 Å². The zero-order valence-electron chi connectivity index (χ0n) is 11.4. The van der Waals surface area contributed by atoms with Gasteiger partial charge in [-0.15, -0.1) is 0 Å². The van der Waals surface area contributed by atoms with E-state index in [0.717, 1.165) is 0 Å². The van der Waals surface area contributed by atoms with Crippen LogP contribution in [0.1, 0.15) is 18.9 Å². The molecule has 116 valence electrons. The topological polar surface area (TPSA) is 101 Å². The SMILES string of the molecule is CCC(=O)CS(=O)(=O)c1ccc(CC(NCl)C(=O)O)cc1. The third-order valence-corrected chi connectivity index (χ3v) is 4.85. The van der Waals surface area contributed by atoms with Crippen LogP contribution in [0.2, 0.25) is 0 Å². The summed E-state index contributed by atoms with van der Waals surface area (Å²) in [6, 6.07) is 4.78. The highest BCUT2D eigenvalue weighted by Gasteiger charge is 2.19. The maximum atomic E-state index is 12.0. The molecule has 0 amide bonds. The molecule has 0 saturated heterocycles. The number of hydrogen-bond donors (Lipinski definition) is 2. The summed E-state index contributed by atoms with van der Waals surface area (Å²) in [5.41, 5.74) is 0.622. The second-order valence-electron chi connectivity index (χ2n) is 4.50. The van der Waals surface area contributed by atoms with E-state index >= 15 is 0 Å². The van der Waals surface area contributed by atoms with Crippen molar-refractivity contribution in [3.05, 3.63) is 29.8 Å². The number of Topliss-reactive ketones (excluding diaryl/α,β-unsaturated/α-hetero) is 1. The molecule has 0 bridgehead atoms. The normalized spacial score (nSPS) is 12.9. The zero-order chi connectivity index (χ0) is 16.0. The maximum absolute atomic E-state index is 12.0. The van der Waals surface area contributed by atoms with Crippen molar-refractivity contribution in [3.8, 4) is 0 Å². The summed E-state index contributed by atoms with van der Waals surface area (Å²) < 4.78 is 23.9. The predicted octanol–water partition coefficient (Wildman–Crippen LogP) is 1.18. The maximum Gasteiger partial charge on any atom is 0.322 e. The van der Waals surface area contributed by atoms with Crippen molar-refractivity contribution in [1.29, 1.82) is 0 Å². The van der Waals surface area contributed by atoms with Gasteiger partial charge in [-0.25, -0.2) is 13.3 Å². The van der Waals surface area contributed by atoms with Gasteiger partial charge in [-0.3, -0.25) is 9.59 Å². The molecule has 1 aromatic rings. The van der Waals surface area contributed by atoms with Crippen molar-refractivity contribution in [2.75, 3.05) is 5.75 Å². The molecule has 1 unspecified atom stereocenters. The molecule has 0 aromatic heterocycles. The second-order valence-corrected chi connectivity index (χ2v) is 6.71. The van der Waals surface area contributed by atoms with Gasteiger partial charge < -0.3 is 5.11 Å². The number of carbonyl (C=O) groups excluding carboxylic acids is 1. The van der Waals surface area contributed by atoms with Crippen molar-refractivity contribution in [2.45, 2.75) is 30.7 Å². The first-order valence-electron chi connectivity index (χ1n) is 6.22. The van der Waals surface area contributed by atoms with Crippen LogP contribution in [0.3, 0.4) is 0 Å². The Hall–Kier alpha value is -1.44. The minimum atomic E-state index is -3.65. The van der Waals surface area contributed by atoms with Gasteiger partial charge in [0, 0.05) is 6.42 Å². The van der Waals surface area contributed by atoms with Gasteiger partial charge in [0.1, 0.15) is 17.6 Å². The molecule has 0 radical (unpaired) electrons. The van der Waals surface area contributed by atoms with Crippen LogP contribution in [0, 0.1) is 0 Å². The Morgan fingerprint density at radius 1 is 1.29 bits per heavy atom. The van der Waals surface area contributed by atoms with Crippen LogP contribution in [0.25, 0.3) is 0 Å². The molecule has 21 heavy (non-hydrogen) atoms. The average molecular weight is 334 g/mol. The molecule has 0 fully saturated rings. The van der Waals surface area contributed by atoms with Crippen molar-refractivity contribution >= 4 is 33.4 Å². The number of halogens is 1. The molecule has 1 atom stereocenters. The standard InChI is InChI=1S/C13H16ClNO5S/c1-2-10(16)8-21(19,20)11-5-3-9(4-6-11)7-12(15-14)13(17)18/h3-6,12,15H,2,7-8H2,1H3,(H,17,18). The summed E-state index contributed by atoms with van der Waals surface area (Å²) in [5, 5.41) is 8.86. The molecule has 0 aliphatic carbocycles. The monoisotopic (exact) mass is 333 g/mol. The van der Waals surface area contributed by atoms with E-state index < -0.39 is 27.6 Å². The Labute approximate surface area is 128 Å². The lowest BCUT2D eigenvalue weighted by Crippen LogP contribution is -2.32. The summed E-state index contributed by atoms with van der Waals surface area (Å²) in [6.45, 7) is 1.60. The first kappa shape index (κ1) is 17.6. The van der Waals surface area contributed by atoms with Crippen LogP contribution in [0.5, 0.6) is 0 Å². The first-order chi connectivity index (χ1) is 9.80. The smallest absolute Gasteiger partial charge is 0.322 e. The van der Waals surface area contributed by atoms with E-state index in [0.29, 0.717) is 5.56 Å². The second kappa shape index (κ2) is 7.53. The van der Waals surface area contributed by atoms with Crippen LogP contribution in [0.4, 0.5) is 0 Å². The lowest BCUT2D eigenvalue weighted by molar-refractivity contribution is -0.138. The third kappa shape index (κ3) is 5.11. The van der Waals surface area contributed by atoms with Gasteiger partial charge in [-0.2, -0.15) is 0 Å². The third-order valence-electron chi connectivity index (χ3n) is 2.90. The summed E-state index contributed by atoms with van der Waals surface area (Å²) in [6.07, 6.45) is 0.284. The largest absolute Gasteiger partial charge is 0.480 e. The van der Waals surface area contributed by atoms with Crippen molar-refractivity contribution in [2.24, 2.45) is 0 Å². The van der Waals surface area contributed by atoms with Crippen LogP contribution in [-0.4, -0.2) is 37.1 Å². The number of nitrogens with one attached hydrogen (secondary N) is 1. The number of ketones is 1. The van der Waals surface area contributed by atoms with Gasteiger partial charge >= 0.3 is 5.97 Å². The summed E-state index contributed by atoms with van der Waals surface area (Å²) in [7, 11) is -3.65. The summed E-state index contributed by atoms with van der Waals surface area (Å²) >= 11 is 5.33. The fourth-order valence-corrected chi connectivity index (χ4v) is 3.15. The number of carbonyl (C=O) groups is 2. The zero-order valence-corrected chi connectivity index (χ0v) is 12.9. The number of carboxylic acid groups (broad SMARTS) is 1. The molecular formula is C13H16ClNO5S. The van der Waals surface area contributed by atoms with Crippen molar-refractivity contribution in [3.63, 3.8) is 0 Å². The van der Waals surface area contributed by atoms with Crippen LogP contribution < -0.4 is 4.84 Å². The number of carboxylic acids is 1. The average Bonchev–Trinajstić information content (AvgIpc) is 2.44. The van der Waals surface area contributed by atoms with E-state index in [-0.39, 0.29) is 23.5 Å². The minimum Gasteiger partial charge on any atom is -0.480 e. The van der Waals surface area contributed by atoms with E-state index in [1.165, 1.54) is 24.3 Å². The van der Waals surface area contributed by atoms with E-state index in [1.54, 1.807) is 6.92 Å². The summed E-state index contributed by atoms with van der Waals surface area (Å²) in [4.78, 5) is 24.3. The molecule has 8 heteroatoms. The van der Waals surface area contributed by atoms with Gasteiger partial charge in [-0.05, 0) is 35.9 Å². The number of benzene rings is 1. The molecular weight excluding hydrogens is 318 g/mol. The van der Waals surface area contributed by atoms with Gasteiger partial charge in [0.05, 0.1) is 4.90 Å². The molecule has 0 aliphatic rings. The van der Waals surface area contributed by atoms with E-state index in [9.17, 15) is 18.0 Å². The molecule has 1 aromatic carbocycles.